The minimum atomic E-state index is -3.77. The molecular weight excluding hydrogens is 374 g/mol. The molecular formula is C20H19N5O2S. The summed E-state index contributed by atoms with van der Waals surface area (Å²) in [6.07, 6.45) is 0. The number of hydrogen-bond acceptors (Lipinski definition) is 6. The number of sulfonamides is 1. The van der Waals surface area contributed by atoms with Crippen molar-refractivity contribution < 1.29 is 8.42 Å². The zero-order valence-electron chi connectivity index (χ0n) is 15.1. The van der Waals surface area contributed by atoms with Gasteiger partial charge in [0.2, 0.25) is 10.0 Å². The summed E-state index contributed by atoms with van der Waals surface area (Å²) in [5.74, 6) is 0.872. The molecule has 0 radical (unpaired) electrons. The number of rotatable bonds is 3. The molecule has 3 aromatic rings. The predicted molar refractivity (Wildman–Crippen MR) is 109 cm³/mol. The standard InChI is InChI=1S/C20H19N5O2S/c21-14-15-5-7-17-16(13-15)6-8-20(23-17)25-11-9-24(10-12-25)18-3-1-2-4-19(18)28(22,26)27/h1-8,13H,9-12H2,(H2,22,26,27). The van der Waals surface area contributed by atoms with Gasteiger partial charge in [0.25, 0.3) is 0 Å². The minimum Gasteiger partial charge on any atom is -0.367 e. The van der Waals surface area contributed by atoms with Gasteiger partial charge in [-0.25, -0.2) is 18.5 Å². The predicted octanol–water partition coefficient (Wildman–Crippen LogP) is 2.08. The number of hydrogen-bond donors (Lipinski definition) is 1. The van der Waals surface area contributed by atoms with Gasteiger partial charge < -0.3 is 9.80 Å². The molecule has 1 aromatic heterocycles. The van der Waals surface area contributed by atoms with E-state index < -0.39 is 10.0 Å². The van der Waals surface area contributed by atoms with Crippen molar-refractivity contribution in [3.8, 4) is 6.07 Å². The van der Waals surface area contributed by atoms with E-state index in [0.717, 1.165) is 16.7 Å². The second-order valence-corrected chi connectivity index (χ2v) is 8.21. The van der Waals surface area contributed by atoms with Gasteiger partial charge in [-0.2, -0.15) is 5.26 Å². The van der Waals surface area contributed by atoms with Crippen molar-refractivity contribution in [2.24, 2.45) is 5.14 Å². The summed E-state index contributed by atoms with van der Waals surface area (Å²) >= 11 is 0. The molecule has 0 aliphatic carbocycles. The average Bonchev–Trinajstić information content (AvgIpc) is 2.72. The van der Waals surface area contributed by atoms with Crippen LogP contribution < -0.4 is 14.9 Å². The largest absolute Gasteiger partial charge is 0.367 e. The van der Waals surface area contributed by atoms with Gasteiger partial charge in [-0.05, 0) is 42.5 Å². The SMILES string of the molecule is N#Cc1ccc2nc(N3CCN(c4ccccc4S(N)(=O)=O)CC3)ccc2c1. The Kier molecular flexibility index (Phi) is 4.63. The maximum absolute atomic E-state index is 11.9. The summed E-state index contributed by atoms with van der Waals surface area (Å²) in [4.78, 5) is 9.08. The number of fused-ring (bicyclic) bond motifs is 1. The van der Waals surface area contributed by atoms with Crippen LogP contribution in [-0.2, 0) is 10.0 Å². The van der Waals surface area contributed by atoms with Crippen LogP contribution in [0.2, 0.25) is 0 Å². The monoisotopic (exact) mass is 393 g/mol. The molecule has 1 fully saturated rings. The van der Waals surface area contributed by atoms with E-state index in [-0.39, 0.29) is 4.90 Å². The molecule has 142 valence electrons. The van der Waals surface area contributed by atoms with Crippen LogP contribution in [0.15, 0.2) is 59.5 Å². The molecule has 8 heteroatoms. The number of piperazine rings is 1. The highest BCUT2D eigenvalue weighted by Gasteiger charge is 2.23. The number of aromatic nitrogens is 1. The molecule has 0 bridgehead atoms. The van der Waals surface area contributed by atoms with E-state index in [4.69, 9.17) is 15.4 Å². The number of nitrogens with two attached hydrogens (primary N) is 1. The first-order chi connectivity index (χ1) is 13.5. The summed E-state index contributed by atoms with van der Waals surface area (Å²) in [6.45, 7) is 2.76. The molecule has 2 N–H and O–H groups in total. The second-order valence-electron chi connectivity index (χ2n) is 6.68. The quantitative estimate of drug-likeness (QED) is 0.731. The lowest BCUT2D eigenvalue weighted by Crippen LogP contribution is -2.47. The molecule has 0 saturated carbocycles. The lowest BCUT2D eigenvalue weighted by molar-refractivity contribution is 0.595. The van der Waals surface area contributed by atoms with Crippen LogP contribution in [-0.4, -0.2) is 39.6 Å². The highest BCUT2D eigenvalue weighted by molar-refractivity contribution is 7.89. The Morgan fingerprint density at radius 1 is 0.964 bits per heavy atom. The van der Waals surface area contributed by atoms with Crippen molar-refractivity contribution in [3.05, 3.63) is 60.2 Å². The number of nitriles is 1. The summed E-state index contributed by atoms with van der Waals surface area (Å²) in [5, 5.41) is 15.3. The third-order valence-electron chi connectivity index (χ3n) is 4.92. The van der Waals surface area contributed by atoms with Gasteiger partial charge in [-0.15, -0.1) is 0 Å². The third-order valence-corrected chi connectivity index (χ3v) is 5.88. The van der Waals surface area contributed by atoms with Crippen LogP contribution in [0.25, 0.3) is 10.9 Å². The Balaban J connectivity index is 1.54. The molecule has 2 heterocycles. The number of anilines is 2. The highest BCUT2D eigenvalue weighted by atomic mass is 32.2. The molecule has 7 nitrogen and oxygen atoms in total. The molecule has 0 atom stereocenters. The fourth-order valence-corrected chi connectivity index (χ4v) is 4.25. The number of para-hydroxylation sites is 1. The van der Waals surface area contributed by atoms with Crippen molar-refractivity contribution in [2.45, 2.75) is 4.90 Å². The van der Waals surface area contributed by atoms with E-state index >= 15 is 0 Å². The van der Waals surface area contributed by atoms with Crippen LogP contribution in [0, 0.1) is 11.3 Å². The molecule has 28 heavy (non-hydrogen) atoms. The maximum atomic E-state index is 11.9. The van der Waals surface area contributed by atoms with E-state index in [1.807, 2.05) is 35.2 Å². The zero-order chi connectivity index (χ0) is 19.7. The van der Waals surface area contributed by atoms with E-state index in [2.05, 4.69) is 11.0 Å². The van der Waals surface area contributed by atoms with Crippen molar-refractivity contribution in [1.29, 1.82) is 5.26 Å². The maximum Gasteiger partial charge on any atom is 0.240 e. The second kappa shape index (κ2) is 7.11. The van der Waals surface area contributed by atoms with E-state index in [0.29, 0.717) is 37.4 Å². The molecule has 2 aromatic carbocycles. The van der Waals surface area contributed by atoms with Crippen LogP contribution in [0.5, 0.6) is 0 Å². The summed E-state index contributed by atoms with van der Waals surface area (Å²) in [5.41, 5.74) is 2.10. The first-order valence-electron chi connectivity index (χ1n) is 8.88. The molecule has 0 unspecified atom stereocenters. The fourth-order valence-electron chi connectivity index (χ4n) is 3.50. The van der Waals surface area contributed by atoms with Crippen LogP contribution >= 0.6 is 0 Å². The Morgan fingerprint density at radius 2 is 1.68 bits per heavy atom. The van der Waals surface area contributed by atoms with Gasteiger partial charge in [-0.1, -0.05) is 12.1 Å². The zero-order valence-corrected chi connectivity index (χ0v) is 15.9. The third kappa shape index (κ3) is 3.50. The minimum absolute atomic E-state index is 0.153. The highest BCUT2D eigenvalue weighted by Crippen LogP contribution is 2.26. The Morgan fingerprint density at radius 3 is 2.39 bits per heavy atom. The van der Waals surface area contributed by atoms with Gasteiger partial charge in [0, 0.05) is 31.6 Å². The summed E-state index contributed by atoms with van der Waals surface area (Å²) in [7, 11) is -3.77. The van der Waals surface area contributed by atoms with E-state index in [1.54, 1.807) is 18.2 Å². The van der Waals surface area contributed by atoms with Crippen molar-refractivity contribution in [1.82, 2.24) is 4.98 Å². The molecule has 0 spiro atoms. The number of benzene rings is 2. The Labute approximate surface area is 163 Å². The lowest BCUT2D eigenvalue weighted by Gasteiger charge is -2.37. The molecule has 1 aliphatic heterocycles. The number of pyridine rings is 1. The first-order valence-corrected chi connectivity index (χ1v) is 10.4. The van der Waals surface area contributed by atoms with Gasteiger partial charge in [0.15, 0.2) is 0 Å². The van der Waals surface area contributed by atoms with Crippen LogP contribution in [0.3, 0.4) is 0 Å². The van der Waals surface area contributed by atoms with Crippen molar-refractivity contribution in [2.75, 3.05) is 36.0 Å². The Hall–Kier alpha value is -3.15. The van der Waals surface area contributed by atoms with Crippen molar-refractivity contribution in [3.63, 3.8) is 0 Å². The number of primary sulfonamides is 1. The molecule has 0 amide bonds. The summed E-state index contributed by atoms with van der Waals surface area (Å²) in [6, 6.07) is 18.3. The molecule has 1 aliphatic rings. The van der Waals surface area contributed by atoms with Gasteiger partial charge in [0.05, 0.1) is 22.8 Å². The van der Waals surface area contributed by atoms with Gasteiger partial charge >= 0.3 is 0 Å². The normalized spacial score (nSPS) is 14.9. The topological polar surface area (TPSA) is 103 Å². The average molecular weight is 393 g/mol. The van der Waals surface area contributed by atoms with E-state index in [1.165, 1.54) is 6.07 Å². The first kappa shape index (κ1) is 18.2. The Bertz CT molecular complexity index is 1180. The fraction of sp³-hybridized carbons (Fsp3) is 0.200. The lowest BCUT2D eigenvalue weighted by atomic mass is 10.1. The van der Waals surface area contributed by atoms with Gasteiger partial charge in [0.1, 0.15) is 10.7 Å². The molecule has 1 saturated heterocycles. The van der Waals surface area contributed by atoms with Crippen molar-refractivity contribution >= 4 is 32.4 Å². The van der Waals surface area contributed by atoms with Crippen LogP contribution in [0.4, 0.5) is 11.5 Å². The van der Waals surface area contributed by atoms with E-state index in [9.17, 15) is 8.42 Å². The summed E-state index contributed by atoms with van der Waals surface area (Å²) < 4.78 is 23.7. The molecule has 4 rings (SSSR count). The smallest absolute Gasteiger partial charge is 0.240 e. The number of nitrogens with zero attached hydrogens (tertiary/aromatic N) is 4. The van der Waals surface area contributed by atoms with Gasteiger partial charge in [-0.3, -0.25) is 0 Å². The van der Waals surface area contributed by atoms with Crippen LogP contribution in [0.1, 0.15) is 5.56 Å².